The molecule has 0 heterocycles. The van der Waals surface area contributed by atoms with Crippen molar-refractivity contribution in [3.05, 3.63) is 0 Å². The first-order valence-corrected chi connectivity index (χ1v) is 3.68. The van der Waals surface area contributed by atoms with E-state index in [2.05, 4.69) is 0 Å². The Balaban J connectivity index is 3.02. The summed E-state index contributed by atoms with van der Waals surface area (Å²) in [6.45, 7) is 1.83. The second-order valence-corrected chi connectivity index (χ2v) is 6.34. The van der Waals surface area contributed by atoms with Crippen molar-refractivity contribution < 1.29 is 0 Å². The molecule has 0 amide bonds. The molecule has 0 bridgehead atoms. The average molecular weight is 135 g/mol. The van der Waals surface area contributed by atoms with Crippen LogP contribution in [0.15, 0.2) is 0 Å². The van der Waals surface area contributed by atoms with E-state index in [1.807, 2.05) is 6.92 Å². The van der Waals surface area contributed by atoms with E-state index in [9.17, 15) is 0 Å². The van der Waals surface area contributed by atoms with Gasteiger partial charge >= 0.3 is 39.4 Å². The zero-order chi connectivity index (χ0) is 4.50. The molecular weight excluding hydrogens is 125 g/mol. The van der Waals surface area contributed by atoms with Gasteiger partial charge in [-0.2, -0.15) is 0 Å². The molecule has 0 unspecified atom stereocenters. The summed E-state index contributed by atoms with van der Waals surface area (Å²) in [4.78, 5) is 0. The minimum atomic E-state index is -0.312. The van der Waals surface area contributed by atoms with E-state index in [1.54, 1.807) is 0 Å². The predicted octanol–water partition coefficient (Wildman–Crippen LogP) is -2.06. The van der Waals surface area contributed by atoms with Gasteiger partial charge in [-0.1, -0.05) is 0 Å². The van der Waals surface area contributed by atoms with Crippen LogP contribution in [0.25, 0.3) is 0 Å². The van der Waals surface area contributed by atoms with Gasteiger partial charge in [-0.25, -0.2) is 0 Å². The Hall–Kier alpha value is 0.463. The van der Waals surface area contributed by atoms with Gasteiger partial charge in [0.25, 0.3) is 0 Å². The normalized spacial score (nSPS) is 12.6. The summed E-state index contributed by atoms with van der Waals surface area (Å²) in [6.07, 6.45) is 0. The monoisotopic (exact) mass is 136 g/mol. The van der Waals surface area contributed by atoms with Crippen molar-refractivity contribution in [2.45, 2.75) is 11.4 Å². The Bertz CT molecular complexity index is 23.1. The van der Waals surface area contributed by atoms with E-state index < -0.39 is 0 Å². The molecule has 5 heavy (non-hydrogen) atoms. The van der Waals surface area contributed by atoms with E-state index in [1.165, 1.54) is 0 Å². The Labute approximate surface area is 40.1 Å². The molecule has 0 aliphatic rings. The van der Waals surface area contributed by atoms with Gasteiger partial charge < -0.3 is 0 Å². The summed E-state index contributed by atoms with van der Waals surface area (Å²) < 4.78 is -0.312. The number of nitrogens with two attached hydrogens (primary N) is 2. The van der Waals surface area contributed by atoms with Crippen molar-refractivity contribution in [1.82, 2.24) is 0 Å². The van der Waals surface area contributed by atoms with Gasteiger partial charge in [-0.3, -0.25) is 0 Å². The summed E-state index contributed by atoms with van der Waals surface area (Å²) in [6, 6.07) is 0. The van der Waals surface area contributed by atoms with Crippen molar-refractivity contribution >= 4 is 16.5 Å². The second-order valence-electron chi connectivity index (χ2n) is 1.82. The minimum absolute atomic E-state index is 0.312. The van der Waals surface area contributed by atoms with Gasteiger partial charge in [0.15, 0.2) is 0 Å². The molecule has 0 saturated carbocycles. The third-order valence-corrected chi connectivity index (χ3v) is 0. The van der Waals surface area contributed by atoms with E-state index >= 15 is 0 Å². The van der Waals surface area contributed by atoms with Gasteiger partial charge in [0.05, 0.1) is 0 Å². The first kappa shape index (κ1) is 5.46. The summed E-state index contributed by atoms with van der Waals surface area (Å²) in [5, 5.41) is 0. The van der Waals surface area contributed by atoms with Gasteiger partial charge in [0, 0.05) is 0 Å². The van der Waals surface area contributed by atoms with Gasteiger partial charge in [-0.15, -0.1) is 0 Å². The first-order chi connectivity index (χ1) is 2.00. The molecule has 0 radical (unpaired) electrons. The quantitative estimate of drug-likeness (QED) is 0.296. The number of rotatable bonds is 0. The average Bonchev–Trinajstić information content (AvgIpc) is 0.722. The topological polar surface area (TPSA) is 52.0 Å². The zero-order valence-electron chi connectivity index (χ0n) is 3.65. The van der Waals surface area contributed by atoms with Crippen LogP contribution in [0.2, 0.25) is 0 Å². The third kappa shape index (κ3) is 126. The van der Waals surface area contributed by atoms with Crippen molar-refractivity contribution in [3.63, 3.8) is 0 Å². The SMILES string of the molecule is C[C](N)(N)[GeH3]. The van der Waals surface area contributed by atoms with E-state index in [0.29, 0.717) is 16.5 Å². The van der Waals surface area contributed by atoms with Crippen LogP contribution in [-0.2, 0) is 0 Å². The van der Waals surface area contributed by atoms with Crippen LogP contribution in [0.1, 0.15) is 6.92 Å². The number of hydrogen-bond donors (Lipinski definition) is 2. The van der Waals surface area contributed by atoms with Crippen LogP contribution in [0.3, 0.4) is 0 Å². The molecular formula is C2H10GeN2. The fourth-order valence-corrected chi connectivity index (χ4v) is 0. The van der Waals surface area contributed by atoms with Crippen LogP contribution >= 0.6 is 0 Å². The van der Waals surface area contributed by atoms with Gasteiger partial charge in [-0.05, 0) is 0 Å². The third-order valence-electron chi connectivity index (χ3n) is 0. The van der Waals surface area contributed by atoms with Gasteiger partial charge in [0.2, 0.25) is 0 Å². The molecule has 2 nitrogen and oxygen atoms in total. The van der Waals surface area contributed by atoms with Gasteiger partial charge in [0.1, 0.15) is 0 Å². The summed E-state index contributed by atoms with van der Waals surface area (Å²) in [7, 11) is 0. The Morgan fingerprint density at radius 2 is 1.60 bits per heavy atom. The fourth-order valence-electron chi connectivity index (χ4n) is 0. The van der Waals surface area contributed by atoms with Crippen LogP contribution in [-0.4, -0.2) is 21.0 Å². The Kier molecular flexibility index (Phi) is 1.40. The summed E-state index contributed by atoms with van der Waals surface area (Å²) in [5.74, 6) is 0. The van der Waals surface area contributed by atoms with Crippen molar-refractivity contribution in [3.8, 4) is 0 Å². The van der Waals surface area contributed by atoms with Crippen LogP contribution < -0.4 is 11.5 Å². The molecule has 0 aromatic carbocycles. The maximum absolute atomic E-state index is 5.22. The van der Waals surface area contributed by atoms with Crippen molar-refractivity contribution in [1.29, 1.82) is 0 Å². The fraction of sp³-hybridized carbons (Fsp3) is 1.00. The summed E-state index contributed by atoms with van der Waals surface area (Å²) in [5.41, 5.74) is 10.4. The molecule has 0 spiro atoms. The molecule has 32 valence electrons. The molecule has 0 aromatic rings. The molecule has 3 heteroatoms. The first-order valence-electron chi connectivity index (χ1n) is 1.58. The number of hydrogen-bond acceptors (Lipinski definition) is 2. The molecule has 0 aromatic heterocycles. The summed E-state index contributed by atoms with van der Waals surface area (Å²) >= 11 is 0.556. The molecule has 0 saturated heterocycles. The molecule has 0 aliphatic carbocycles. The zero-order valence-corrected chi connectivity index (χ0v) is 7.85. The van der Waals surface area contributed by atoms with Crippen molar-refractivity contribution in [2.75, 3.05) is 0 Å². The van der Waals surface area contributed by atoms with Crippen molar-refractivity contribution in [2.24, 2.45) is 11.5 Å². The van der Waals surface area contributed by atoms with Crippen LogP contribution in [0, 0.1) is 0 Å². The van der Waals surface area contributed by atoms with E-state index in [-0.39, 0.29) is 4.50 Å². The van der Waals surface area contributed by atoms with Crippen LogP contribution in [0.5, 0.6) is 0 Å². The standard InChI is InChI=1S/C2H10GeN2/c1-2(3,4)5/h4-5H2,1,3H3. The predicted molar refractivity (Wildman–Crippen MR) is 26.7 cm³/mol. The maximum atomic E-state index is 5.22. The molecule has 0 aliphatic heterocycles. The van der Waals surface area contributed by atoms with Crippen LogP contribution in [0.4, 0.5) is 0 Å². The molecule has 4 N–H and O–H groups in total. The molecule has 0 fully saturated rings. The Morgan fingerprint density at radius 3 is 1.60 bits per heavy atom. The van der Waals surface area contributed by atoms with E-state index in [4.69, 9.17) is 11.5 Å². The molecule has 0 rings (SSSR count). The second kappa shape index (κ2) is 1.28. The molecule has 0 atom stereocenters. The van der Waals surface area contributed by atoms with E-state index in [0.717, 1.165) is 0 Å². The Morgan fingerprint density at radius 1 is 1.60 bits per heavy atom.